The molecule has 2 aliphatic heterocycles. The number of piperidine rings is 1. The number of benzene rings is 1. The van der Waals surface area contributed by atoms with Gasteiger partial charge in [-0.15, -0.1) is 0 Å². The van der Waals surface area contributed by atoms with Crippen molar-refractivity contribution in [3.63, 3.8) is 0 Å². The summed E-state index contributed by atoms with van der Waals surface area (Å²) in [5, 5.41) is 3.37. The Hall–Kier alpha value is -1.29. The Bertz CT molecular complexity index is 444. The van der Waals surface area contributed by atoms with Crippen molar-refractivity contribution in [3.05, 3.63) is 23.5 Å². The molecule has 1 fully saturated rings. The van der Waals surface area contributed by atoms with Gasteiger partial charge in [-0.1, -0.05) is 6.07 Å². The summed E-state index contributed by atoms with van der Waals surface area (Å²) in [6, 6.07) is 3.36. The van der Waals surface area contributed by atoms with Gasteiger partial charge in [0.05, 0.1) is 13.2 Å². The SMILES string of the molecule is Fc1ccc(CC2CCNCC2)c2c1OCCCO2. The Morgan fingerprint density at radius 1 is 1.11 bits per heavy atom. The minimum Gasteiger partial charge on any atom is -0.489 e. The maximum absolute atomic E-state index is 13.8. The molecule has 0 radical (unpaired) electrons. The van der Waals surface area contributed by atoms with Crippen LogP contribution in [0.2, 0.25) is 0 Å². The summed E-state index contributed by atoms with van der Waals surface area (Å²) in [4.78, 5) is 0. The lowest BCUT2D eigenvalue weighted by Gasteiger charge is -2.23. The van der Waals surface area contributed by atoms with Gasteiger partial charge in [0.15, 0.2) is 17.3 Å². The third kappa shape index (κ3) is 2.84. The molecule has 104 valence electrons. The molecular formula is C15H20FNO2. The summed E-state index contributed by atoms with van der Waals surface area (Å²) in [5.41, 5.74) is 1.09. The molecule has 0 amide bonds. The molecule has 2 aliphatic rings. The second kappa shape index (κ2) is 5.78. The van der Waals surface area contributed by atoms with Crippen LogP contribution in [0.25, 0.3) is 0 Å². The van der Waals surface area contributed by atoms with E-state index in [1.807, 2.05) is 6.07 Å². The zero-order valence-corrected chi connectivity index (χ0v) is 11.1. The van der Waals surface area contributed by atoms with E-state index in [4.69, 9.17) is 9.47 Å². The molecule has 0 saturated carbocycles. The van der Waals surface area contributed by atoms with E-state index in [1.54, 1.807) is 0 Å². The highest BCUT2D eigenvalue weighted by molar-refractivity contribution is 5.48. The van der Waals surface area contributed by atoms with E-state index in [2.05, 4.69) is 5.32 Å². The molecule has 4 heteroatoms. The van der Waals surface area contributed by atoms with Crippen molar-refractivity contribution in [2.24, 2.45) is 5.92 Å². The van der Waals surface area contributed by atoms with Crippen LogP contribution in [0, 0.1) is 11.7 Å². The van der Waals surface area contributed by atoms with E-state index in [0.717, 1.165) is 31.5 Å². The Kier molecular flexibility index (Phi) is 3.87. The van der Waals surface area contributed by atoms with Crippen LogP contribution >= 0.6 is 0 Å². The first-order chi connectivity index (χ1) is 9.34. The fourth-order valence-corrected chi connectivity index (χ4v) is 2.84. The zero-order valence-electron chi connectivity index (χ0n) is 11.1. The molecule has 0 aliphatic carbocycles. The summed E-state index contributed by atoms with van der Waals surface area (Å²) in [6.45, 7) is 3.28. The second-order valence-electron chi connectivity index (χ2n) is 5.31. The molecular weight excluding hydrogens is 245 g/mol. The van der Waals surface area contributed by atoms with Crippen LogP contribution < -0.4 is 14.8 Å². The van der Waals surface area contributed by atoms with Crippen molar-refractivity contribution < 1.29 is 13.9 Å². The number of hydrogen-bond acceptors (Lipinski definition) is 3. The fraction of sp³-hybridized carbons (Fsp3) is 0.600. The lowest BCUT2D eigenvalue weighted by molar-refractivity contribution is 0.291. The highest BCUT2D eigenvalue weighted by Crippen LogP contribution is 2.37. The Morgan fingerprint density at radius 3 is 2.63 bits per heavy atom. The molecule has 1 N–H and O–H groups in total. The first kappa shape index (κ1) is 12.7. The molecule has 2 heterocycles. The predicted molar refractivity (Wildman–Crippen MR) is 71.3 cm³/mol. The molecule has 19 heavy (non-hydrogen) atoms. The molecule has 3 rings (SSSR count). The molecule has 0 spiro atoms. The molecule has 0 aromatic heterocycles. The van der Waals surface area contributed by atoms with E-state index < -0.39 is 0 Å². The van der Waals surface area contributed by atoms with Crippen LogP contribution in [-0.2, 0) is 6.42 Å². The van der Waals surface area contributed by atoms with Gasteiger partial charge >= 0.3 is 0 Å². The first-order valence-corrected chi connectivity index (χ1v) is 7.12. The number of hydrogen-bond donors (Lipinski definition) is 1. The Balaban J connectivity index is 1.84. The molecule has 3 nitrogen and oxygen atoms in total. The van der Waals surface area contributed by atoms with Crippen molar-refractivity contribution in [2.45, 2.75) is 25.7 Å². The lowest BCUT2D eigenvalue weighted by Crippen LogP contribution is -2.28. The van der Waals surface area contributed by atoms with Crippen LogP contribution in [0.4, 0.5) is 4.39 Å². The largest absolute Gasteiger partial charge is 0.489 e. The average Bonchev–Trinajstić information content (AvgIpc) is 2.70. The summed E-state index contributed by atoms with van der Waals surface area (Å²) in [6.07, 6.45) is 4.11. The maximum Gasteiger partial charge on any atom is 0.197 e. The number of halogens is 1. The summed E-state index contributed by atoms with van der Waals surface area (Å²) < 4.78 is 25.0. The number of ether oxygens (including phenoxy) is 2. The van der Waals surface area contributed by atoms with Gasteiger partial charge in [-0.2, -0.15) is 0 Å². The van der Waals surface area contributed by atoms with Crippen molar-refractivity contribution >= 4 is 0 Å². The molecule has 1 aromatic rings. The summed E-state index contributed by atoms with van der Waals surface area (Å²) in [7, 11) is 0. The monoisotopic (exact) mass is 265 g/mol. The van der Waals surface area contributed by atoms with Crippen LogP contribution in [0.5, 0.6) is 11.5 Å². The minimum absolute atomic E-state index is 0.309. The summed E-state index contributed by atoms with van der Waals surface area (Å²) in [5.74, 6) is 1.29. The molecule has 0 unspecified atom stereocenters. The topological polar surface area (TPSA) is 30.5 Å². The smallest absolute Gasteiger partial charge is 0.197 e. The quantitative estimate of drug-likeness (QED) is 0.891. The lowest BCUT2D eigenvalue weighted by atomic mass is 9.90. The van der Waals surface area contributed by atoms with Crippen LogP contribution in [0.15, 0.2) is 12.1 Å². The fourth-order valence-electron chi connectivity index (χ4n) is 2.84. The van der Waals surface area contributed by atoms with Crippen molar-refractivity contribution in [2.75, 3.05) is 26.3 Å². The highest BCUT2D eigenvalue weighted by atomic mass is 19.1. The first-order valence-electron chi connectivity index (χ1n) is 7.12. The van der Waals surface area contributed by atoms with Crippen molar-refractivity contribution in [1.29, 1.82) is 0 Å². The predicted octanol–water partition coefficient (Wildman–Crippen LogP) is 2.53. The van der Waals surface area contributed by atoms with Gasteiger partial charge in [0, 0.05) is 6.42 Å². The third-order valence-electron chi connectivity index (χ3n) is 3.89. The number of fused-ring (bicyclic) bond motifs is 1. The highest BCUT2D eigenvalue weighted by Gasteiger charge is 2.22. The second-order valence-corrected chi connectivity index (χ2v) is 5.31. The maximum atomic E-state index is 13.8. The molecule has 1 saturated heterocycles. The third-order valence-corrected chi connectivity index (χ3v) is 3.89. The Morgan fingerprint density at radius 2 is 1.84 bits per heavy atom. The van der Waals surface area contributed by atoms with E-state index in [-0.39, 0.29) is 5.82 Å². The zero-order chi connectivity index (χ0) is 13.1. The van der Waals surface area contributed by atoms with Crippen molar-refractivity contribution in [1.82, 2.24) is 5.32 Å². The van der Waals surface area contributed by atoms with Crippen LogP contribution in [0.3, 0.4) is 0 Å². The number of nitrogens with one attached hydrogen (secondary N) is 1. The van der Waals surface area contributed by atoms with Gasteiger partial charge in [0.2, 0.25) is 0 Å². The van der Waals surface area contributed by atoms with Gasteiger partial charge in [0.1, 0.15) is 0 Å². The van der Waals surface area contributed by atoms with Crippen LogP contribution in [-0.4, -0.2) is 26.3 Å². The minimum atomic E-state index is -0.314. The van der Waals surface area contributed by atoms with E-state index in [0.29, 0.717) is 30.6 Å². The van der Waals surface area contributed by atoms with Gasteiger partial charge < -0.3 is 14.8 Å². The average molecular weight is 265 g/mol. The van der Waals surface area contributed by atoms with Crippen molar-refractivity contribution in [3.8, 4) is 11.5 Å². The number of rotatable bonds is 2. The molecule has 0 bridgehead atoms. The van der Waals surface area contributed by atoms with E-state index in [9.17, 15) is 4.39 Å². The van der Waals surface area contributed by atoms with Gasteiger partial charge in [0.25, 0.3) is 0 Å². The van der Waals surface area contributed by atoms with Gasteiger partial charge in [-0.05, 0) is 49.9 Å². The Labute approximate surface area is 113 Å². The normalized spacial score (nSPS) is 20.1. The van der Waals surface area contributed by atoms with E-state index >= 15 is 0 Å². The molecule has 1 aromatic carbocycles. The standard InChI is InChI=1S/C15H20FNO2/c16-13-3-2-12(10-11-4-6-17-7-5-11)14-15(13)19-9-1-8-18-14/h2-3,11,17H,1,4-10H2. The van der Waals surface area contributed by atoms with E-state index in [1.165, 1.54) is 18.9 Å². The van der Waals surface area contributed by atoms with Crippen LogP contribution in [0.1, 0.15) is 24.8 Å². The van der Waals surface area contributed by atoms with Gasteiger partial charge in [-0.3, -0.25) is 0 Å². The molecule has 0 atom stereocenters. The summed E-state index contributed by atoms with van der Waals surface area (Å²) >= 11 is 0. The van der Waals surface area contributed by atoms with Gasteiger partial charge in [-0.25, -0.2) is 4.39 Å².